The molecule has 3 aromatic rings. The lowest BCUT2D eigenvalue weighted by Crippen LogP contribution is -2.36. The number of anilines is 2. The van der Waals surface area contributed by atoms with E-state index >= 15 is 0 Å². The number of hydrogen-bond acceptors (Lipinski definition) is 5. The number of para-hydroxylation sites is 1. The Morgan fingerprint density at radius 3 is 2.43 bits per heavy atom. The zero-order chi connectivity index (χ0) is 19.2. The van der Waals surface area contributed by atoms with Crippen LogP contribution >= 0.6 is 0 Å². The second-order valence-electron chi connectivity index (χ2n) is 6.39. The van der Waals surface area contributed by atoms with Crippen LogP contribution in [-0.4, -0.2) is 37.2 Å². The Labute approximate surface area is 163 Å². The molecular formula is C22H21N3O3. The highest BCUT2D eigenvalue weighted by Gasteiger charge is 2.14. The minimum Gasteiger partial charge on any atom is -0.457 e. The van der Waals surface area contributed by atoms with Gasteiger partial charge < -0.3 is 19.7 Å². The number of morpholine rings is 1. The Hall–Kier alpha value is -3.38. The van der Waals surface area contributed by atoms with E-state index in [9.17, 15) is 4.79 Å². The van der Waals surface area contributed by atoms with Crippen molar-refractivity contribution in [2.45, 2.75) is 0 Å². The topological polar surface area (TPSA) is 63.7 Å². The number of benzene rings is 2. The molecule has 6 nitrogen and oxygen atoms in total. The van der Waals surface area contributed by atoms with Gasteiger partial charge in [-0.25, -0.2) is 0 Å². The first-order valence-corrected chi connectivity index (χ1v) is 9.21. The van der Waals surface area contributed by atoms with Crippen molar-refractivity contribution in [3.8, 4) is 11.5 Å². The molecule has 1 fully saturated rings. The second kappa shape index (κ2) is 8.54. The number of nitrogens with one attached hydrogen (secondary N) is 1. The minimum absolute atomic E-state index is 0.244. The Kier molecular flexibility index (Phi) is 5.49. The highest BCUT2D eigenvalue weighted by Crippen LogP contribution is 2.23. The van der Waals surface area contributed by atoms with E-state index in [0.29, 0.717) is 30.3 Å². The van der Waals surface area contributed by atoms with E-state index in [4.69, 9.17) is 9.47 Å². The van der Waals surface area contributed by atoms with E-state index in [-0.39, 0.29) is 5.91 Å². The van der Waals surface area contributed by atoms with Gasteiger partial charge in [0.05, 0.1) is 13.2 Å². The number of amides is 1. The van der Waals surface area contributed by atoms with Gasteiger partial charge in [-0.3, -0.25) is 9.78 Å². The SMILES string of the molecule is O=C(Nc1ccc(Oc2ccccc2)cc1)c1cc(N2CCOCC2)ccn1. The summed E-state index contributed by atoms with van der Waals surface area (Å²) in [4.78, 5) is 19.0. The Bertz CT molecular complexity index is 923. The molecule has 1 aliphatic rings. The van der Waals surface area contributed by atoms with E-state index in [0.717, 1.165) is 24.5 Å². The largest absolute Gasteiger partial charge is 0.457 e. The lowest BCUT2D eigenvalue weighted by molar-refractivity contribution is 0.102. The standard InChI is InChI=1S/C22H21N3O3/c26-22(21-16-18(10-11-23-21)25-12-14-27-15-13-25)24-17-6-8-20(9-7-17)28-19-4-2-1-3-5-19/h1-11,16H,12-15H2,(H,24,26). The molecule has 0 spiro atoms. The third-order valence-corrected chi connectivity index (χ3v) is 4.44. The van der Waals surface area contributed by atoms with E-state index in [2.05, 4.69) is 15.2 Å². The molecule has 1 N–H and O–H groups in total. The summed E-state index contributed by atoms with van der Waals surface area (Å²) in [5.41, 5.74) is 2.05. The molecule has 0 unspecified atom stereocenters. The van der Waals surface area contributed by atoms with Gasteiger partial charge in [0.25, 0.3) is 5.91 Å². The van der Waals surface area contributed by atoms with Crippen molar-refractivity contribution in [1.29, 1.82) is 0 Å². The summed E-state index contributed by atoms with van der Waals surface area (Å²) in [6, 6.07) is 20.5. The number of aromatic nitrogens is 1. The molecule has 1 aromatic heterocycles. The van der Waals surface area contributed by atoms with Gasteiger partial charge in [-0.15, -0.1) is 0 Å². The van der Waals surface area contributed by atoms with Gasteiger partial charge in [0.15, 0.2) is 0 Å². The van der Waals surface area contributed by atoms with Crippen LogP contribution in [0.1, 0.15) is 10.5 Å². The quantitative estimate of drug-likeness (QED) is 0.731. The van der Waals surface area contributed by atoms with E-state index in [1.54, 1.807) is 6.20 Å². The molecule has 4 rings (SSSR count). The highest BCUT2D eigenvalue weighted by molar-refractivity contribution is 6.03. The van der Waals surface area contributed by atoms with E-state index in [1.165, 1.54) is 0 Å². The molecule has 1 amide bonds. The predicted octanol–water partition coefficient (Wildman–Crippen LogP) is 3.96. The van der Waals surface area contributed by atoms with Crippen molar-refractivity contribution in [2.75, 3.05) is 36.5 Å². The zero-order valence-electron chi connectivity index (χ0n) is 15.4. The fraction of sp³-hybridized carbons (Fsp3) is 0.182. The monoisotopic (exact) mass is 375 g/mol. The Morgan fingerprint density at radius 2 is 1.68 bits per heavy atom. The summed E-state index contributed by atoms with van der Waals surface area (Å²) >= 11 is 0. The molecular weight excluding hydrogens is 354 g/mol. The van der Waals surface area contributed by atoms with Gasteiger partial charge in [0, 0.05) is 30.7 Å². The number of carbonyl (C=O) groups excluding carboxylic acids is 1. The molecule has 0 saturated carbocycles. The maximum absolute atomic E-state index is 12.6. The van der Waals surface area contributed by atoms with Crippen LogP contribution in [0.25, 0.3) is 0 Å². The second-order valence-corrected chi connectivity index (χ2v) is 6.39. The van der Waals surface area contributed by atoms with Crippen LogP contribution in [0.2, 0.25) is 0 Å². The number of carbonyl (C=O) groups is 1. The van der Waals surface area contributed by atoms with Gasteiger partial charge in [0.2, 0.25) is 0 Å². The minimum atomic E-state index is -0.244. The first kappa shape index (κ1) is 18.0. The van der Waals surface area contributed by atoms with Crippen molar-refractivity contribution in [3.05, 3.63) is 78.6 Å². The average molecular weight is 375 g/mol. The molecule has 142 valence electrons. The molecule has 28 heavy (non-hydrogen) atoms. The van der Waals surface area contributed by atoms with Gasteiger partial charge >= 0.3 is 0 Å². The lowest BCUT2D eigenvalue weighted by Gasteiger charge is -2.28. The van der Waals surface area contributed by atoms with Crippen LogP contribution in [0.4, 0.5) is 11.4 Å². The van der Waals surface area contributed by atoms with Crippen LogP contribution < -0.4 is 15.0 Å². The van der Waals surface area contributed by atoms with Crippen LogP contribution in [0.15, 0.2) is 72.9 Å². The fourth-order valence-electron chi connectivity index (χ4n) is 2.99. The van der Waals surface area contributed by atoms with Crippen LogP contribution in [-0.2, 0) is 4.74 Å². The van der Waals surface area contributed by atoms with E-state index in [1.807, 2.05) is 66.7 Å². The first-order chi connectivity index (χ1) is 13.8. The van der Waals surface area contributed by atoms with Crippen molar-refractivity contribution in [1.82, 2.24) is 4.98 Å². The van der Waals surface area contributed by atoms with Crippen molar-refractivity contribution in [3.63, 3.8) is 0 Å². The summed E-state index contributed by atoms with van der Waals surface area (Å²) in [6.07, 6.45) is 1.66. The molecule has 0 atom stereocenters. The zero-order valence-corrected chi connectivity index (χ0v) is 15.4. The maximum Gasteiger partial charge on any atom is 0.274 e. The first-order valence-electron chi connectivity index (χ1n) is 9.21. The molecule has 1 aliphatic heterocycles. The highest BCUT2D eigenvalue weighted by atomic mass is 16.5. The third kappa shape index (κ3) is 4.47. The lowest BCUT2D eigenvalue weighted by atomic mass is 10.2. The van der Waals surface area contributed by atoms with Gasteiger partial charge in [-0.2, -0.15) is 0 Å². The van der Waals surface area contributed by atoms with E-state index < -0.39 is 0 Å². The van der Waals surface area contributed by atoms with Gasteiger partial charge in [-0.1, -0.05) is 18.2 Å². The normalized spacial score (nSPS) is 13.8. The molecule has 1 saturated heterocycles. The third-order valence-electron chi connectivity index (χ3n) is 4.44. The molecule has 2 aromatic carbocycles. The van der Waals surface area contributed by atoms with Gasteiger partial charge in [0.1, 0.15) is 17.2 Å². The molecule has 6 heteroatoms. The predicted molar refractivity (Wildman–Crippen MR) is 108 cm³/mol. The summed E-state index contributed by atoms with van der Waals surface area (Å²) in [5.74, 6) is 1.23. The summed E-state index contributed by atoms with van der Waals surface area (Å²) in [6.45, 7) is 3.02. The van der Waals surface area contributed by atoms with Crippen molar-refractivity contribution < 1.29 is 14.3 Å². The summed E-state index contributed by atoms with van der Waals surface area (Å²) in [5, 5.41) is 2.88. The smallest absolute Gasteiger partial charge is 0.274 e. The number of rotatable bonds is 5. The Morgan fingerprint density at radius 1 is 0.964 bits per heavy atom. The van der Waals surface area contributed by atoms with Crippen molar-refractivity contribution >= 4 is 17.3 Å². The number of ether oxygens (including phenoxy) is 2. The molecule has 2 heterocycles. The van der Waals surface area contributed by atoms with Gasteiger partial charge in [-0.05, 0) is 48.5 Å². The average Bonchev–Trinajstić information content (AvgIpc) is 2.76. The number of hydrogen-bond donors (Lipinski definition) is 1. The number of nitrogens with zero attached hydrogens (tertiary/aromatic N) is 2. The summed E-state index contributed by atoms with van der Waals surface area (Å²) < 4.78 is 11.1. The Balaban J connectivity index is 1.40. The molecule has 0 radical (unpaired) electrons. The van der Waals surface area contributed by atoms with Crippen LogP contribution in [0, 0.1) is 0 Å². The van der Waals surface area contributed by atoms with Crippen molar-refractivity contribution in [2.24, 2.45) is 0 Å². The molecule has 0 aliphatic carbocycles. The maximum atomic E-state index is 12.6. The fourth-order valence-corrected chi connectivity index (χ4v) is 2.99. The summed E-state index contributed by atoms with van der Waals surface area (Å²) in [7, 11) is 0. The molecule has 0 bridgehead atoms. The van der Waals surface area contributed by atoms with Crippen LogP contribution in [0.5, 0.6) is 11.5 Å². The number of pyridine rings is 1. The van der Waals surface area contributed by atoms with Crippen LogP contribution in [0.3, 0.4) is 0 Å².